The van der Waals surface area contributed by atoms with E-state index in [-0.39, 0.29) is 6.10 Å². The number of carbonyl (C=O) groups is 1. The zero-order valence-corrected chi connectivity index (χ0v) is 16.8. The number of likely N-dealkylation sites (tertiary alicyclic amines) is 1. The number of carbonyl (C=O) groups excluding carboxylic acids is 1. The van der Waals surface area contributed by atoms with E-state index in [9.17, 15) is 4.79 Å². The molecule has 0 N–H and O–H groups in total. The van der Waals surface area contributed by atoms with Crippen molar-refractivity contribution in [1.82, 2.24) is 15.0 Å². The number of ether oxygens (including phenoxy) is 2. The quantitative estimate of drug-likeness (QED) is 0.708. The zero-order chi connectivity index (χ0) is 19.2. The molecule has 0 spiro atoms. The summed E-state index contributed by atoms with van der Waals surface area (Å²) in [4.78, 5) is 19.1. The van der Waals surface area contributed by atoms with Crippen molar-refractivity contribution in [3.8, 4) is 0 Å². The molecular formula is C21H33N3O4. The minimum Gasteiger partial charge on any atom is -0.381 e. The topological polar surface area (TPSA) is 77.7 Å². The molecule has 1 amide bonds. The van der Waals surface area contributed by atoms with Gasteiger partial charge >= 0.3 is 0 Å². The molecule has 1 aliphatic carbocycles. The highest BCUT2D eigenvalue weighted by Gasteiger charge is 2.26. The maximum atomic E-state index is 12.6. The summed E-state index contributed by atoms with van der Waals surface area (Å²) in [6, 6.07) is 0. The fraction of sp³-hybridized carbons (Fsp3) is 0.857. The Bertz CT molecular complexity index is 623. The van der Waals surface area contributed by atoms with Gasteiger partial charge in [0.1, 0.15) is 6.61 Å². The van der Waals surface area contributed by atoms with Crippen LogP contribution in [0.2, 0.25) is 0 Å². The van der Waals surface area contributed by atoms with Gasteiger partial charge in [-0.05, 0) is 38.0 Å². The first kappa shape index (κ1) is 19.8. The summed E-state index contributed by atoms with van der Waals surface area (Å²) in [5.74, 6) is 2.67. The van der Waals surface area contributed by atoms with E-state index < -0.39 is 0 Å². The third-order valence-electron chi connectivity index (χ3n) is 6.47. The van der Waals surface area contributed by atoms with Crippen molar-refractivity contribution < 1.29 is 18.8 Å². The number of amides is 1. The second-order valence-electron chi connectivity index (χ2n) is 8.54. The summed E-state index contributed by atoms with van der Waals surface area (Å²) >= 11 is 0. The normalized spacial score (nSPS) is 24.7. The van der Waals surface area contributed by atoms with E-state index in [0.717, 1.165) is 57.8 Å². The van der Waals surface area contributed by atoms with Crippen LogP contribution in [0.25, 0.3) is 0 Å². The van der Waals surface area contributed by atoms with Crippen molar-refractivity contribution in [2.45, 2.75) is 82.8 Å². The van der Waals surface area contributed by atoms with Gasteiger partial charge in [-0.25, -0.2) is 0 Å². The van der Waals surface area contributed by atoms with Crippen molar-refractivity contribution >= 4 is 5.91 Å². The Labute approximate surface area is 167 Å². The van der Waals surface area contributed by atoms with Gasteiger partial charge in [-0.2, -0.15) is 4.98 Å². The SMILES string of the molecule is O=C(CCC1CCCC1)N1CCCC(OCc2noc(C3CCOCC3)n2)C1. The summed E-state index contributed by atoms with van der Waals surface area (Å²) in [5.41, 5.74) is 0. The molecule has 1 aromatic heterocycles. The zero-order valence-electron chi connectivity index (χ0n) is 16.8. The van der Waals surface area contributed by atoms with Crippen LogP contribution in [0.4, 0.5) is 0 Å². The number of aromatic nitrogens is 2. The van der Waals surface area contributed by atoms with Gasteiger partial charge in [-0.15, -0.1) is 0 Å². The van der Waals surface area contributed by atoms with Crippen molar-refractivity contribution in [3.63, 3.8) is 0 Å². The fourth-order valence-corrected chi connectivity index (χ4v) is 4.71. The van der Waals surface area contributed by atoms with E-state index in [4.69, 9.17) is 14.0 Å². The highest BCUT2D eigenvalue weighted by Crippen LogP contribution is 2.29. The lowest BCUT2D eigenvalue weighted by Crippen LogP contribution is -2.43. The summed E-state index contributed by atoms with van der Waals surface area (Å²) in [6.07, 6.45) is 10.9. The van der Waals surface area contributed by atoms with Gasteiger partial charge in [-0.1, -0.05) is 30.8 Å². The molecule has 3 aliphatic rings. The number of nitrogens with zero attached hydrogens (tertiary/aromatic N) is 3. The van der Waals surface area contributed by atoms with Gasteiger partial charge in [0.2, 0.25) is 11.8 Å². The molecule has 2 aliphatic heterocycles. The minimum atomic E-state index is 0.0641. The number of rotatable bonds is 7. The van der Waals surface area contributed by atoms with Crippen LogP contribution in [0.3, 0.4) is 0 Å². The Balaban J connectivity index is 1.20. The van der Waals surface area contributed by atoms with Crippen LogP contribution >= 0.6 is 0 Å². The maximum Gasteiger partial charge on any atom is 0.230 e. The van der Waals surface area contributed by atoms with Crippen LogP contribution in [0.15, 0.2) is 4.52 Å². The third-order valence-corrected chi connectivity index (χ3v) is 6.47. The monoisotopic (exact) mass is 391 g/mol. The van der Waals surface area contributed by atoms with E-state index in [1.807, 2.05) is 4.90 Å². The molecule has 1 atom stereocenters. The van der Waals surface area contributed by atoms with E-state index >= 15 is 0 Å². The van der Waals surface area contributed by atoms with Crippen molar-refractivity contribution in [2.24, 2.45) is 5.92 Å². The van der Waals surface area contributed by atoms with Gasteiger partial charge in [-0.3, -0.25) is 4.79 Å². The molecule has 1 saturated carbocycles. The highest BCUT2D eigenvalue weighted by molar-refractivity contribution is 5.76. The second-order valence-corrected chi connectivity index (χ2v) is 8.54. The van der Waals surface area contributed by atoms with E-state index in [1.54, 1.807) is 0 Å². The smallest absolute Gasteiger partial charge is 0.230 e. The Morgan fingerprint density at radius 2 is 1.93 bits per heavy atom. The first-order valence-electron chi connectivity index (χ1n) is 11.1. The summed E-state index contributed by atoms with van der Waals surface area (Å²) < 4.78 is 16.8. The van der Waals surface area contributed by atoms with Crippen LogP contribution in [0.1, 0.15) is 81.8 Å². The van der Waals surface area contributed by atoms with Crippen LogP contribution in [0.5, 0.6) is 0 Å². The Morgan fingerprint density at radius 1 is 1.11 bits per heavy atom. The van der Waals surface area contributed by atoms with Crippen molar-refractivity contribution in [1.29, 1.82) is 0 Å². The van der Waals surface area contributed by atoms with Gasteiger partial charge < -0.3 is 18.9 Å². The largest absolute Gasteiger partial charge is 0.381 e. The molecule has 3 heterocycles. The maximum absolute atomic E-state index is 12.6. The number of piperidine rings is 1. The Hall–Kier alpha value is -1.47. The molecule has 1 unspecified atom stereocenters. The molecule has 28 heavy (non-hydrogen) atoms. The van der Waals surface area contributed by atoms with Gasteiger partial charge in [0.15, 0.2) is 5.82 Å². The standard InChI is InChI=1S/C21H33N3O4/c25-20(8-7-16-4-1-2-5-16)24-11-3-6-18(14-24)27-15-19-22-21(28-23-19)17-9-12-26-13-10-17/h16-18H,1-15H2. The molecular weight excluding hydrogens is 358 g/mol. The van der Waals surface area contributed by atoms with Crippen LogP contribution < -0.4 is 0 Å². The van der Waals surface area contributed by atoms with Crippen LogP contribution in [-0.4, -0.2) is 53.4 Å². The molecule has 0 radical (unpaired) electrons. The summed E-state index contributed by atoms with van der Waals surface area (Å²) in [5, 5.41) is 4.07. The van der Waals surface area contributed by atoms with Crippen LogP contribution in [-0.2, 0) is 20.9 Å². The first-order valence-corrected chi connectivity index (χ1v) is 11.1. The molecule has 156 valence electrons. The number of hydrogen-bond acceptors (Lipinski definition) is 6. The lowest BCUT2D eigenvalue weighted by atomic mass is 10.0. The molecule has 3 fully saturated rings. The van der Waals surface area contributed by atoms with Crippen molar-refractivity contribution in [3.05, 3.63) is 11.7 Å². The second kappa shape index (κ2) is 9.83. The Kier molecular flexibility index (Phi) is 6.96. The molecule has 0 aromatic carbocycles. The molecule has 0 bridgehead atoms. The first-order chi connectivity index (χ1) is 13.8. The molecule has 2 saturated heterocycles. The fourth-order valence-electron chi connectivity index (χ4n) is 4.71. The number of hydrogen-bond donors (Lipinski definition) is 0. The average molecular weight is 392 g/mol. The molecule has 4 rings (SSSR count). The predicted octanol–water partition coefficient (Wildman–Crippen LogP) is 3.44. The van der Waals surface area contributed by atoms with Crippen molar-refractivity contribution in [2.75, 3.05) is 26.3 Å². The lowest BCUT2D eigenvalue weighted by molar-refractivity contribution is -0.136. The van der Waals surface area contributed by atoms with E-state index in [2.05, 4.69) is 10.1 Å². The average Bonchev–Trinajstić information content (AvgIpc) is 3.43. The third kappa shape index (κ3) is 5.32. The summed E-state index contributed by atoms with van der Waals surface area (Å²) in [6.45, 7) is 3.41. The highest BCUT2D eigenvalue weighted by atomic mass is 16.5. The Morgan fingerprint density at radius 3 is 2.75 bits per heavy atom. The lowest BCUT2D eigenvalue weighted by Gasteiger charge is -2.32. The minimum absolute atomic E-state index is 0.0641. The van der Waals surface area contributed by atoms with Gasteiger partial charge in [0.25, 0.3) is 0 Å². The van der Waals surface area contributed by atoms with Gasteiger partial charge in [0, 0.05) is 38.6 Å². The van der Waals surface area contributed by atoms with E-state index in [0.29, 0.717) is 43.1 Å². The summed E-state index contributed by atoms with van der Waals surface area (Å²) in [7, 11) is 0. The molecule has 7 heteroatoms. The molecule has 1 aromatic rings. The predicted molar refractivity (Wildman–Crippen MR) is 103 cm³/mol. The van der Waals surface area contributed by atoms with Crippen LogP contribution in [0, 0.1) is 5.92 Å². The van der Waals surface area contributed by atoms with Gasteiger partial charge in [0.05, 0.1) is 6.10 Å². The van der Waals surface area contributed by atoms with E-state index in [1.165, 1.54) is 25.7 Å². The molecule has 7 nitrogen and oxygen atoms in total.